The molecule has 0 amide bonds. The molecule has 0 spiro atoms. The van der Waals surface area contributed by atoms with Gasteiger partial charge in [-0.15, -0.1) is 5.10 Å². The third kappa shape index (κ3) is 2.68. The van der Waals surface area contributed by atoms with Gasteiger partial charge in [0.2, 0.25) is 5.16 Å². The summed E-state index contributed by atoms with van der Waals surface area (Å²) in [5, 5.41) is 16.2. The third-order valence-electron chi connectivity index (χ3n) is 2.16. The van der Waals surface area contributed by atoms with E-state index in [1.807, 2.05) is 7.05 Å². The first-order valence-corrected chi connectivity index (χ1v) is 5.76. The molecular formula is C8H15N5S. The second-order valence-electron chi connectivity index (χ2n) is 3.70. The molecule has 1 aromatic heterocycles. The molecule has 0 radical (unpaired) electrons. The molecule has 1 aromatic rings. The fraction of sp³-hybridized carbons (Fsp3) is 0.875. The van der Waals surface area contributed by atoms with Crippen molar-refractivity contribution in [2.75, 3.05) is 6.54 Å². The fourth-order valence-electron chi connectivity index (χ4n) is 1.16. The predicted molar refractivity (Wildman–Crippen MR) is 55.1 cm³/mol. The Kier molecular flexibility index (Phi) is 3.02. The Labute approximate surface area is 87.6 Å². The summed E-state index contributed by atoms with van der Waals surface area (Å²) in [6.45, 7) is 3.22. The highest BCUT2D eigenvalue weighted by Gasteiger charge is 2.21. The molecular weight excluding hydrogens is 198 g/mol. The summed E-state index contributed by atoms with van der Waals surface area (Å²) in [6, 6.07) is 0.774. The minimum Gasteiger partial charge on any atom is -0.313 e. The molecule has 1 aliphatic rings. The zero-order valence-electron chi connectivity index (χ0n) is 8.47. The summed E-state index contributed by atoms with van der Waals surface area (Å²) < 4.78 is 1.71. The Hall–Kier alpha value is -0.620. The highest BCUT2D eigenvalue weighted by Crippen LogP contribution is 2.22. The second kappa shape index (κ2) is 4.27. The van der Waals surface area contributed by atoms with Crippen LogP contribution in [0, 0.1) is 0 Å². The van der Waals surface area contributed by atoms with E-state index in [1.54, 1.807) is 16.4 Å². The van der Waals surface area contributed by atoms with Crippen LogP contribution in [0.2, 0.25) is 0 Å². The van der Waals surface area contributed by atoms with Crippen LogP contribution >= 0.6 is 11.8 Å². The van der Waals surface area contributed by atoms with Crippen LogP contribution in [0.25, 0.3) is 0 Å². The van der Waals surface area contributed by atoms with Crippen LogP contribution in [0.1, 0.15) is 19.8 Å². The number of thioether (sulfide) groups is 1. The average Bonchev–Trinajstić information content (AvgIpc) is 2.90. The van der Waals surface area contributed by atoms with Crippen molar-refractivity contribution in [3.63, 3.8) is 0 Å². The van der Waals surface area contributed by atoms with Crippen LogP contribution in [0.5, 0.6) is 0 Å². The van der Waals surface area contributed by atoms with Gasteiger partial charge in [-0.1, -0.05) is 18.7 Å². The third-order valence-corrected chi connectivity index (χ3v) is 3.28. The van der Waals surface area contributed by atoms with Crippen LogP contribution in [0.3, 0.4) is 0 Å². The van der Waals surface area contributed by atoms with Crippen molar-refractivity contribution in [2.24, 2.45) is 7.05 Å². The van der Waals surface area contributed by atoms with Crippen molar-refractivity contribution >= 4 is 11.8 Å². The SMILES string of the molecule is CC(CNC1CC1)Sc1nnnn1C. The van der Waals surface area contributed by atoms with Gasteiger partial charge in [0.05, 0.1) is 0 Å². The number of nitrogens with zero attached hydrogens (tertiary/aromatic N) is 4. The normalized spacial score (nSPS) is 18.4. The number of aromatic nitrogens is 4. The van der Waals surface area contributed by atoms with Crippen molar-refractivity contribution in [3.05, 3.63) is 0 Å². The van der Waals surface area contributed by atoms with Gasteiger partial charge in [-0.25, -0.2) is 4.68 Å². The van der Waals surface area contributed by atoms with Gasteiger partial charge in [-0.05, 0) is 23.3 Å². The van der Waals surface area contributed by atoms with Gasteiger partial charge in [0.1, 0.15) is 0 Å². The second-order valence-corrected chi connectivity index (χ2v) is 5.10. The monoisotopic (exact) mass is 213 g/mol. The number of hydrogen-bond acceptors (Lipinski definition) is 5. The summed E-state index contributed by atoms with van der Waals surface area (Å²) in [7, 11) is 1.86. The zero-order chi connectivity index (χ0) is 9.97. The van der Waals surface area contributed by atoms with Crippen LogP contribution in [0.4, 0.5) is 0 Å². The number of aryl methyl sites for hydroxylation is 1. The van der Waals surface area contributed by atoms with E-state index in [2.05, 4.69) is 27.8 Å². The maximum atomic E-state index is 3.94. The molecule has 0 aliphatic heterocycles. The summed E-state index contributed by atoms with van der Waals surface area (Å²) in [4.78, 5) is 0. The lowest BCUT2D eigenvalue weighted by Crippen LogP contribution is -2.24. The lowest BCUT2D eigenvalue weighted by Gasteiger charge is -2.09. The lowest BCUT2D eigenvalue weighted by molar-refractivity contribution is 0.655. The molecule has 0 bridgehead atoms. The Morgan fingerprint density at radius 2 is 2.43 bits per heavy atom. The van der Waals surface area contributed by atoms with E-state index in [0.29, 0.717) is 5.25 Å². The summed E-state index contributed by atoms with van der Waals surface area (Å²) in [5.41, 5.74) is 0. The maximum Gasteiger partial charge on any atom is 0.209 e. The summed E-state index contributed by atoms with van der Waals surface area (Å²) in [5.74, 6) is 0. The van der Waals surface area contributed by atoms with Gasteiger partial charge >= 0.3 is 0 Å². The minimum absolute atomic E-state index is 0.514. The van der Waals surface area contributed by atoms with Crippen LogP contribution < -0.4 is 5.32 Å². The summed E-state index contributed by atoms with van der Waals surface area (Å²) in [6.07, 6.45) is 2.67. The van der Waals surface area contributed by atoms with Crippen LogP contribution in [-0.2, 0) is 7.05 Å². The molecule has 1 fully saturated rings. The molecule has 6 heteroatoms. The van der Waals surface area contributed by atoms with E-state index >= 15 is 0 Å². The standard InChI is InChI=1S/C8H15N5S/c1-6(5-9-7-3-4-7)14-8-10-11-12-13(8)2/h6-7,9H,3-5H2,1-2H3. The first-order valence-electron chi connectivity index (χ1n) is 4.88. The van der Waals surface area contributed by atoms with Crippen molar-refractivity contribution in [3.8, 4) is 0 Å². The first-order chi connectivity index (χ1) is 6.75. The van der Waals surface area contributed by atoms with Crippen molar-refractivity contribution in [1.82, 2.24) is 25.5 Å². The minimum atomic E-state index is 0.514. The van der Waals surface area contributed by atoms with Gasteiger partial charge < -0.3 is 5.32 Å². The highest BCUT2D eigenvalue weighted by atomic mass is 32.2. The fourth-order valence-corrected chi connectivity index (χ4v) is 1.97. The quantitative estimate of drug-likeness (QED) is 0.719. The maximum absolute atomic E-state index is 3.94. The van der Waals surface area contributed by atoms with Gasteiger partial charge in [0.25, 0.3) is 0 Å². The predicted octanol–water partition coefficient (Wildman–Crippen LogP) is 0.443. The average molecular weight is 213 g/mol. The highest BCUT2D eigenvalue weighted by molar-refractivity contribution is 7.99. The van der Waals surface area contributed by atoms with Gasteiger partial charge in [-0.3, -0.25) is 0 Å². The molecule has 1 saturated carbocycles. The van der Waals surface area contributed by atoms with Crippen LogP contribution in [-0.4, -0.2) is 38.0 Å². The molecule has 2 rings (SSSR count). The molecule has 78 valence electrons. The van der Waals surface area contributed by atoms with Crippen LogP contribution in [0.15, 0.2) is 5.16 Å². The molecule has 1 heterocycles. The molecule has 1 unspecified atom stereocenters. The van der Waals surface area contributed by atoms with E-state index in [1.165, 1.54) is 12.8 Å². The molecule has 1 N–H and O–H groups in total. The van der Waals surface area contributed by atoms with E-state index in [9.17, 15) is 0 Å². The number of tetrazole rings is 1. The summed E-state index contributed by atoms with van der Waals surface area (Å²) >= 11 is 1.71. The topological polar surface area (TPSA) is 55.6 Å². The van der Waals surface area contributed by atoms with E-state index in [-0.39, 0.29) is 0 Å². The number of rotatable bonds is 5. The first kappa shape index (κ1) is 9.92. The Bertz CT molecular complexity index is 296. The molecule has 5 nitrogen and oxygen atoms in total. The van der Waals surface area contributed by atoms with Gasteiger partial charge in [0, 0.05) is 24.9 Å². The molecule has 1 aliphatic carbocycles. The van der Waals surface area contributed by atoms with Crippen molar-refractivity contribution in [2.45, 2.75) is 36.2 Å². The molecule has 0 saturated heterocycles. The van der Waals surface area contributed by atoms with Gasteiger partial charge in [0.15, 0.2) is 0 Å². The Balaban J connectivity index is 1.75. The van der Waals surface area contributed by atoms with Gasteiger partial charge in [-0.2, -0.15) is 0 Å². The molecule has 1 atom stereocenters. The molecule has 0 aromatic carbocycles. The van der Waals surface area contributed by atoms with E-state index in [4.69, 9.17) is 0 Å². The smallest absolute Gasteiger partial charge is 0.209 e. The number of nitrogens with one attached hydrogen (secondary N) is 1. The van der Waals surface area contributed by atoms with E-state index in [0.717, 1.165) is 17.7 Å². The largest absolute Gasteiger partial charge is 0.313 e. The Morgan fingerprint density at radius 3 is 3.00 bits per heavy atom. The zero-order valence-corrected chi connectivity index (χ0v) is 9.29. The Morgan fingerprint density at radius 1 is 1.64 bits per heavy atom. The number of hydrogen-bond donors (Lipinski definition) is 1. The van der Waals surface area contributed by atoms with E-state index < -0.39 is 0 Å². The molecule has 14 heavy (non-hydrogen) atoms. The van der Waals surface area contributed by atoms with Crippen molar-refractivity contribution in [1.29, 1.82) is 0 Å². The lowest BCUT2D eigenvalue weighted by atomic mass is 10.4. The van der Waals surface area contributed by atoms with Crippen molar-refractivity contribution < 1.29 is 0 Å².